The molecule has 0 amide bonds. The molecular formula is C21H31IN6. The normalized spacial score (nSPS) is 20.1. The molecule has 0 bridgehead atoms. The molecule has 28 heavy (non-hydrogen) atoms. The number of halogens is 1. The summed E-state index contributed by atoms with van der Waals surface area (Å²) in [5.74, 6) is 2.97. The number of aliphatic imine (C=N–C) groups is 1. The lowest BCUT2D eigenvalue weighted by molar-refractivity contribution is 0.389. The number of aryl methyl sites for hydroxylation is 2. The Hall–Kier alpha value is -1.64. The molecule has 1 unspecified atom stereocenters. The van der Waals surface area contributed by atoms with Crippen molar-refractivity contribution in [2.24, 2.45) is 10.4 Å². The van der Waals surface area contributed by atoms with Crippen LogP contribution in [0.3, 0.4) is 0 Å². The highest BCUT2D eigenvalue weighted by Crippen LogP contribution is 2.47. The third-order valence-corrected chi connectivity index (χ3v) is 5.79. The van der Waals surface area contributed by atoms with Gasteiger partial charge in [0.15, 0.2) is 11.8 Å². The largest absolute Gasteiger partial charge is 0.356 e. The molecule has 1 saturated carbocycles. The van der Waals surface area contributed by atoms with Gasteiger partial charge in [-0.2, -0.15) is 5.10 Å². The predicted molar refractivity (Wildman–Crippen MR) is 123 cm³/mol. The second kappa shape index (κ2) is 9.24. The minimum Gasteiger partial charge on any atom is -0.356 e. The Morgan fingerprint density at radius 3 is 2.75 bits per heavy atom. The molecule has 0 radical (unpaired) electrons. The van der Waals surface area contributed by atoms with Crippen molar-refractivity contribution in [3.8, 4) is 0 Å². The first-order valence-corrected chi connectivity index (χ1v) is 10.1. The standard InChI is InChI=1S/C21H30N6.HI/c1-3-18-25-19-10-9-17(14-27(19)26-18)24-20(22-2)23-15-21(11-12-21)13-16-7-5-4-6-8-16;/h4-8,17H,3,9-15H2,1-2H3,(H2,22,23,24);1H. The molecule has 1 aliphatic heterocycles. The van der Waals surface area contributed by atoms with E-state index in [0.717, 1.165) is 56.4 Å². The molecule has 6 nitrogen and oxygen atoms in total. The molecule has 4 rings (SSSR count). The van der Waals surface area contributed by atoms with E-state index in [4.69, 9.17) is 0 Å². The van der Waals surface area contributed by atoms with Gasteiger partial charge in [-0.05, 0) is 36.7 Å². The average molecular weight is 494 g/mol. The first-order chi connectivity index (χ1) is 13.2. The predicted octanol–water partition coefficient (Wildman–Crippen LogP) is 2.96. The van der Waals surface area contributed by atoms with Crippen LogP contribution in [-0.2, 0) is 25.8 Å². The van der Waals surface area contributed by atoms with E-state index in [2.05, 4.69) is 67.6 Å². The molecule has 0 spiro atoms. The van der Waals surface area contributed by atoms with E-state index in [9.17, 15) is 0 Å². The summed E-state index contributed by atoms with van der Waals surface area (Å²) in [6.07, 6.45) is 6.65. The summed E-state index contributed by atoms with van der Waals surface area (Å²) < 4.78 is 2.06. The van der Waals surface area contributed by atoms with Crippen molar-refractivity contribution in [2.75, 3.05) is 13.6 Å². The minimum atomic E-state index is 0. The zero-order valence-electron chi connectivity index (χ0n) is 16.8. The summed E-state index contributed by atoms with van der Waals surface area (Å²) in [6.45, 7) is 3.94. The van der Waals surface area contributed by atoms with Crippen LogP contribution in [-0.4, -0.2) is 40.4 Å². The minimum absolute atomic E-state index is 0. The quantitative estimate of drug-likeness (QED) is 0.368. The van der Waals surface area contributed by atoms with Gasteiger partial charge in [0, 0.05) is 32.5 Å². The summed E-state index contributed by atoms with van der Waals surface area (Å²) in [4.78, 5) is 9.04. The Balaban J connectivity index is 0.00000225. The molecule has 1 aliphatic carbocycles. The third-order valence-electron chi connectivity index (χ3n) is 5.79. The number of nitrogens with zero attached hydrogens (tertiary/aromatic N) is 4. The number of benzene rings is 1. The van der Waals surface area contributed by atoms with Gasteiger partial charge in [-0.1, -0.05) is 37.3 Å². The van der Waals surface area contributed by atoms with Gasteiger partial charge in [0.1, 0.15) is 5.82 Å². The zero-order chi connectivity index (χ0) is 18.7. The number of nitrogens with one attached hydrogen (secondary N) is 2. The monoisotopic (exact) mass is 494 g/mol. The van der Waals surface area contributed by atoms with Gasteiger partial charge in [0.05, 0.1) is 6.54 Å². The maximum atomic E-state index is 4.60. The van der Waals surface area contributed by atoms with Gasteiger partial charge < -0.3 is 10.6 Å². The van der Waals surface area contributed by atoms with Gasteiger partial charge in [-0.15, -0.1) is 24.0 Å². The van der Waals surface area contributed by atoms with Crippen LogP contribution in [0.2, 0.25) is 0 Å². The molecule has 2 heterocycles. The molecule has 1 fully saturated rings. The lowest BCUT2D eigenvalue weighted by atomic mass is 9.96. The van der Waals surface area contributed by atoms with Crippen molar-refractivity contribution in [1.82, 2.24) is 25.4 Å². The first kappa shape index (κ1) is 21.1. The Labute approximate surface area is 184 Å². The van der Waals surface area contributed by atoms with Crippen LogP contribution in [0.4, 0.5) is 0 Å². The fourth-order valence-corrected chi connectivity index (χ4v) is 3.91. The van der Waals surface area contributed by atoms with Crippen molar-refractivity contribution in [3.63, 3.8) is 0 Å². The van der Waals surface area contributed by atoms with E-state index in [1.165, 1.54) is 18.4 Å². The zero-order valence-corrected chi connectivity index (χ0v) is 19.1. The summed E-state index contributed by atoms with van der Waals surface area (Å²) in [5.41, 5.74) is 1.82. The van der Waals surface area contributed by atoms with Crippen molar-refractivity contribution >= 4 is 29.9 Å². The van der Waals surface area contributed by atoms with E-state index < -0.39 is 0 Å². The fourth-order valence-electron chi connectivity index (χ4n) is 3.91. The number of fused-ring (bicyclic) bond motifs is 1. The molecule has 2 aromatic rings. The molecule has 0 saturated heterocycles. The molecular weight excluding hydrogens is 463 g/mol. The van der Waals surface area contributed by atoms with E-state index >= 15 is 0 Å². The number of hydrogen-bond donors (Lipinski definition) is 2. The highest BCUT2D eigenvalue weighted by atomic mass is 127. The number of hydrogen-bond acceptors (Lipinski definition) is 3. The van der Waals surface area contributed by atoms with Crippen LogP contribution in [0.1, 0.15) is 43.4 Å². The van der Waals surface area contributed by atoms with E-state index in [0.29, 0.717) is 11.5 Å². The topological polar surface area (TPSA) is 67.1 Å². The molecule has 1 aromatic heterocycles. The second-order valence-electron chi connectivity index (χ2n) is 7.95. The molecule has 2 aliphatic rings. The molecule has 7 heteroatoms. The SMILES string of the molecule is CCc1nc2n(n1)CC(NC(=NC)NCC1(Cc3ccccc3)CC1)CC2.I. The smallest absolute Gasteiger partial charge is 0.191 e. The molecule has 152 valence electrons. The maximum absolute atomic E-state index is 4.60. The van der Waals surface area contributed by atoms with Gasteiger partial charge in [0.2, 0.25) is 0 Å². The summed E-state index contributed by atoms with van der Waals surface area (Å²) >= 11 is 0. The Kier molecular flexibility index (Phi) is 6.95. The first-order valence-electron chi connectivity index (χ1n) is 10.1. The highest BCUT2D eigenvalue weighted by molar-refractivity contribution is 14.0. The Morgan fingerprint density at radius 1 is 1.29 bits per heavy atom. The number of rotatable bonds is 6. The lowest BCUT2D eigenvalue weighted by Crippen LogP contribution is -2.48. The average Bonchev–Trinajstić information content (AvgIpc) is 3.33. The van der Waals surface area contributed by atoms with Crippen molar-refractivity contribution in [2.45, 2.75) is 58.0 Å². The number of guanidine groups is 1. The second-order valence-corrected chi connectivity index (χ2v) is 7.95. The summed E-state index contributed by atoms with van der Waals surface area (Å²) in [5, 5.41) is 11.8. The van der Waals surface area contributed by atoms with E-state index in [1.54, 1.807) is 0 Å². The lowest BCUT2D eigenvalue weighted by Gasteiger charge is -2.26. The van der Waals surface area contributed by atoms with Crippen molar-refractivity contribution < 1.29 is 0 Å². The number of aromatic nitrogens is 3. The van der Waals surface area contributed by atoms with Crippen molar-refractivity contribution in [3.05, 3.63) is 47.5 Å². The fraction of sp³-hybridized carbons (Fsp3) is 0.571. The Bertz CT molecular complexity index is 796. The maximum Gasteiger partial charge on any atom is 0.191 e. The van der Waals surface area contributed by atoms with Gasteiger partial charge in [-0.25, -0.2) is 9.67 Å². The van der Waals surface area contributed by atoms with Gasteiger partial charge >= 0.3 is 0 Å². The van der Waals surface area contributed by atoms with Crippen LogP contribution in [0.15, 0.2) is 35.3 Å². The van der Waals surface area contributed by atoms with E-state index in [1.807, 2.05) is 7.05 Å². The van der Waals surface area contributed by atoms with Crippen LogP contribution in [0.25, 0.3) is 0 Å². The summed E-state index contributed by atoms with van der Waals surface area (Å²) in [7, 11) is 1.85. The van der Waals surface area contributed by atoms with Gasteiger partial charge in [-0.3, -0.25) is 4.99 Å². The Morgan fingerprint density at radius 2 is 2.07 bits per heavy atom. The van der Waals surface area contributed by atoms with Crippen LogP contribution < -0.4 is 10.6 Å². The molecule has 2 N–H and O–H groups in total. The third kappa shape index (κ3) is 5.04. The van der Waals surface area contributed by atoms with Crippen molar-refractivity contribution in [1.29, 1.82) is 0 Å². The van der Waals surface area contributed by atoms with Crippen LogP contribution >= 0.6 is 24.0 Å². The van der Waals surface area contributed by atoms with Gasteiger partial charge in [0.25, 0.3) is 0 Å². The summed E-state index contributed by atoms with van der Waals surface area (Å²) in [6, 6.07) is 11.2. The van der Waals surface area contributed by atoms with E-state index in [-0.39, 0.29) is 24.0 Å². The highest BCUT2D eigenvalue weighted by Gasteiger charge is 2.42. The van der Waals surface area contributed by atoms with Crippen LogP contribution in [0.5, 0.6) is 0 Å². The molecule has 1 atom stereocenters. The molecule has 1 aromatic carbocycles. The van der Waals surface area contributed by atoms with Crippen LogP contribution in [0, 0.1) is 5.41 Å².